The minimum atomic E-state index is -0.278. The molecule has 12 heavy (non-hydrogen) atoms. The molecule has 0 spiro atoms. The molecule has 0 amide bonds. The van der Waals surface area contributed by atoms with Gasteiger partial charge < -0.3 is 4.74 Å². The topological polar surface area (TPSA) is 12.5 Å². The number of hydrogen-bond donors (Lipinski definition) is 1. The van der Waals surface area contributed by atoms with Crippen LogP contribution in [0.3, 0.4) is 0 Å². The van der Waals surface area contributed by atoms with Crippen molar-refractivity contribution in [3.63, 3.8) is 0 Å². The number of rotatable bonds is 4. The van der Waals surface area contributed by atoms with Crippen LogP contribution in [0, 0.1) is 0 Å². The highest BCUT2D eigenvalue weighted by Gasteiger charge is 2.18. The molecule has 0 N–H and O–H groups in total. The predicted molar refractivity (Wildman–Crippen MR) is 50.6 cm³/mol. The Hall–Kier alpha value is 0.200. The molecule has 0 bridgehead atoms. The summed E-state index contributed by atoms with van der Waals surface area (Å²) in [5.41, 5.74) is 0. The van der Waals surface area contributed by atoms with Gasteiger partial charge in [0.2, 0.25) is 0 Å². The molecule has 1 saturated heterocycles. The number of halogens is 1. The van der Waals surface area contributed by atoms with E-state index in [1.54, 1.807) is 0 Å². The fourth-order valence-electron chi connectivity index (χ4n) is 1.42. The SMILES string of the molecule is FCCC1CN(CCS)CCO1. The molecule has 2 nitrogen and oxygen atoms in total. The molecule has 1 unspecified atom stereocenters. The lowest BCUT2D eigenvalue weighted by molar-refractivity contribution is -0.0322. The van der Waals surface area contributed by atoms with E-state index in [9.17, 15) is 4.39 Å². The third kappa shape index (κ3) is 3.29. The molecule has 0 radical (unpaired) electrons. The molecular formula is C8H16FNOS. The van der Waals surface area contributed by atoms with Gasteiger partial charge in [-0.25, -0.2) is 0 Å². The second-order valence-electron chi connectivity index (χ2n) is 2.99. The zero-order chi connectivity index (χ0) is 8.81. The Bertz CT molecular complexity index is 110. The van der Waals surface area contributed by atoms with E-state index in [0.717, 1.165) is 32.0 Å². The molecule has 4 heteroatoms. The van der Waals surface area contributed by atoms with Gasteiger partial charge in [-0.2, -0.15) is 12.6 Å². The van der Waals surface area contributed by atoms with Crippen molar-refractivity contribution in [3.05, 3.63) is 0 Å². The highest BCUT2D eigenvalue weighted by atomic mass is 32.1. The van der Waals surface area contributed by atoms with Gasteiger partial charge in [0.05, 0.1) is 19.4 Å². The summed E-state index contributed by atoms with van der Waals surface area (Å²) < 4.78 is 17.4. The normalized spacial score (nSPS) is 26.0. The summed E-state index contributed by atoms with van der Waals surface area (Å²) in [6, 6.07) is 0. The summed E-state index contributed by atoms with van der Waals surface area (Å²) in [5.74, 6) is 0.863. The van der Waals surface area contributed by atoms with E-state index in [0.29, 0.717) is 6.42 Å². The average molecular weight is 193 g/mol. The Kier molecular flexibility index (Phi) is 4.95. The van der Waals surface area contributed by atoms with Gasteiger partial charge in [0.25, 0.3) is 0 Å². The van der Waals surface area contributed by atoms with Crippen molar-refractivity contribution in [2.75, 3.05) is 38.7 Å². The number of morpholine rings is 1. The van der Waals surface area contributed by atoms with E-state index in [-0.39, 0.29) is 12.8 Å². The molecule has 0 aromatic carbocycles. The van der Waals surface area contributed by atoms with E-state index in [1.165, 1.54) is 0 Å². The van der Waals surface area contributed by atoms with Crippen molar-refractivity contribution < 1.29 is 9.13 Å². The largest absolute Gasteiger partial charge is 0.375 e. The Morgan fingerprint density at radius 1 is 1.58 bits per heavy atom. The molecule has 0 saturated carbocycles. The number of ether oxygens (including phenoxy) is 1. The van der Waals surface area contributed by atoms with Gasteiger partial charge in [0.15, 0.2) is 0 Å². The summed E-state index contributed by atoms with van der Waals surface area (Å²) >= 11 is 4.16. The molecular weight excluding hydrogens is 177 g/mol. The van der Waals surface area contributed by atoms with Gasteiger partial charge in [-0.15, -0.1) is 0 Å². The fraction of sp³-hybridized carbons (Fsp3) is 1.00. The fourth-order valence-corrected chi connectivity index (χ4v) is 1.70. The Labute approximate surface area is 78.5 Å². The first-order valence-electron chi connectivity index (χ1n) is 4.37. The van der Waals surface area contributed by atoms with E-state index < -0.39 is 0 Å². The smallest absolute Gasteiger partial charge is 0.0919 e. The van der Waals surface area contributed by atoms with Crippen molar-refractivity contribution in [1.29, 1.82) is 0 Å². The molecule has 1 atom stereocenters. The van der Waals surface area contributed by atoms with Crippen LogP contribution in [-0.2, 0) is 4.74 Å². The summed E-state index contributed by atoms with van der Waals surface area (Å²) in [6.07, 6.45) is 0.631. The monoisotopic (exact) mass is 193 g/mol. The number of alkyl halides is 1. The molecule has 0 aromatic rings. The average Bonchev–Trinajstić information content (AvgIpc) is 2.06. The standard InChI is InChI=1S/C8H16FNOS/c9-2-1-8-7-10(4-6-12)3-5-11-8/h8,12H,1-7H2. The maximum absolute atomic E-state index is 12.0. The zero-order valence-corrected chi connectivity index (χ0v) is 8.10. The van der Waals surface area contributed by atoms with Crippen molar-refractivity contribution in [2.45, 2.75) is 12.5 Å². The van der Waals surface area contributed by atoms with Crippen LogP contribution in [0.25, 0.3) is 0 Å². The summed E-state index contributed by atoms with van der Waals surface area (Å²) in [6.45, 7) is 3.26. The van der Waals surface area contributed by atoms with E-state index >= 15 is 0 Å². The molecule has 0 aromatic heterocycles. The molecule has 72 valence electrons. The minimum Gasteiger partial charge on any atom is -0.375 e. The third-order valence-electron chi connectivity index (χ3n) is 2.07. The van der Waals surface area contributed by atoms with E-state index in [1.807, 2.05) is 0 Å². The number of thiol groups is 1. The van der Waals surface area contributed by atoms with Gasteiger partial charge in [-0.1, -0.05) is 0 Å². The Morgan fingerprint density at radius 2 is 2.42 bits per heavy atom. The first-order chi connectivity index (χ1) is 5.86. The molecule has 1 rings (SSSR count). The quantitative estimate of drug-likeness (QED) is 0.668. The van der Waals surface area contributed by atoms with Crippen LogP contribution in [0.15, 0.2) is 0 Å². The lowest BCUT2D eigenvalue weighted by Gasteiger charge is -2.32. The molecule has 0 aliphatic carbocycles. The number of hydrogen-bond acceptors (Lipinski definition) is 3. The van der Waals surface area contributed by atoms with Gasteiger partial charge >= 0.3 is 0 Å². The summed E-state index contributed by atoms with van der Waals surface area (Å²) in [4.78, 5) is 2.27. The highest BCUT2D eigenvalue weighted by Crippen LogP contribution is 2.08. The molecule has 1 aliphatic heterocycles. The van der Waals surface area contributed by atoms with Crippen molar-refractivity contribution >= 4 is 12.6 Å². The predicted octanol–water partition coefficient (Wildman–Crippen LogP) is 0.977. The molecule has 1 aliphatic rings. The lowest BCUT2D eigenvalue weighted by atomic mass is 10.2. The zero-order valence-electron chi connectivity index (χ0n) is 7.21. The Morgan fingerprint density at radius 3 is 3.08 bits per heavy atom. The highest BCUT2D eigenvalue weighted by molar-refractivity contribution is 7.80. The van der Waals surface area contributed by atoms with Crippen LogP contribution < -0.4 is 0 Å². The maximum Gasteiger partial charge on any atom is 0.0919 e. The van der Waals surface area contributed by atoms with Crippen LogP contribution in [0.1, 0.15) is 6.42 Å². The minimum absolute atomic E-state index is 0.101. The summed E-state index contributed by atoms with van der Waals surface area (Å²) in [7, 11) is 0. The second-order valence-corrected chi connectivity index (χ2v) is 3.44. The van der Waals surface area contributed by atoms with Gasteiger partial charge in [-0.05, 0) is 0 Å². The van der Waals surface area contributed by atoms with Crippen LogP contribution in [0.5, 0.6) is 0 Å². The van der Waals surface area contributed by atoms with Crippen molar-refractivity contribution in [2.24, 2.45) is 0 Å². The Balaban J connectivity index is 2.20. The second kappa shape index (κ2) is 5.78. The van der Waals surface area contributed by atoms with E-state index in [2.05, 4.69) is 17.5 Å². The first kappa shape index (κ1) is 10.3. The lowest BCUT2D eigenvalue weighted by Crippen LogP contribution is -2.43. The van der Waals surface area contributed by atoms with Gasteiger partial charge in [0, 0.05) is 31.8 Å². The van der Waals surface area contributed by atoms with Crippen LogP contribution in [-0.4, -0.2) is 49.7 Å². The van der Waals surface area contributed by atoms with Crippen LogP contribution in [0.2, 0.25) is 0 Å². The number of nitrogens with zero attached hydrogens (tertiary/aromatic N) is 1. The van der Waals surface area contributed by atoms with Crippen LogP contribution >= 0.6 is 12.6 Å². The van der Waals surface area contributed by atoms with Crippen molar-refractivity contribution in [3.8, 4) is 0 Å². The third-order valence-corrected chi connectivity index (χ3v) is 2.27. The summed E-state index contributed by atoms with van der Waals surface area (Å²) in [5, 5.41) is 0. The van der Waals surface area contributed by atoms with Crippen LogP contribution in [0.4, 0.5) is 4.39 Å². The molecule has 1 fully saturated rings. The first-order valence-corrected chi connectivity index (χ1v) is 5.01. The maximum atomic E-state index is 12.0. The molecule has 1 heterocycles. The van der Waals surface area contributed by atoms with E-state index in [4.69, 9.17) is 4.74 Å². The van der Waals surface area contributed by atoms with Gasteiger partial charge in [-0.3, -0.25) is 9.29 Å². The van der Waals surface area contributed by atoms with Gasteiger partial charge in [0.1, 0.15) is 0 Å². The van der Waals surface area contributed by atoms with Crippen molar-refractivity contribution in [1.82, 2.24) is 4.90 Å².